The highest BCUT2D eigenvalue weighted by Gasteiger charge is 2.36. The van der Waals surface area contributed by atoms with Crippen molar-refractivity contribution in [2.24, 2.45) is 0 Å². The maximum atomic E-state index is 12.8. The molecule has 2 rings (SSSR count). The Balaban J connectivity index is 2.82. The molecular weight excluding hydrogens is 226 g/mol. The molecule has 2 aromatic rings. The average Bonchev–Trinajstić information content (AvgIpc) is 2.54. The van der Waals surface area contributed by atoms with Crippen molar-refractivity contribution in [2.45, 2.75) is 6.18 Å². The van der Waals surface area contributed by atoms with Crippen LogP contribution in [0.15, 0.2) is 18.2 Å². The number of hydrogen-bond acceptors (Lipinski definition) is 1. The Hall–Kier alpha value is -1.85. The monoisotopic (exact) mass is 231 g/mol. The van der Waals surface area contributed by atoms with E-state index in [0.717, 1.165) is 18.2 Å². The minimum atomic E-state index is -4.66. The number of hydrogen-bond donors (Lipinski definition) is 1. The molecule has 0 spiro atoms. The molecule has 2 nitrogen and oxygen atoms in total. The SMILES string of the molecule is O=Cc1c(C(F)(F)F)[nH]c2ccc(F)cc12. The number of nitrogens with one attached hydrogen (secondary N) is 1. The third kappa shape index (κ3) is 1.56. The van der Waals surface area contributed by atoms with Crippen LogP contribution in [0.3, 0.4) is 0 Å². The predicted molar refractivity (Wildman–Crippen MR) is 48.6 cm³/mol. The zero-order chi connectivity index (χ0) is 11.9. The van der Waals surface area contributed by atoms with Gasteiger partial charge in [0.1, 0.15) is 11.5 Å². The number of alkyl halides is 3. The molecule has 1 heterocycles. The highest BCUT2D eigenvalue weighted by atomic mass is 19.4. The lowest BCUT2D eigenvalue weighted by Crippen LogP contribution is -2.08. The summed E-state index contributed by atoms with van der Waals surface area (Å²) in [7, 11) is 0. The third-order valence-corrected chi connectivity index (χ3v) is 2.20. The summed E-state index contributed by atoms with van der Waals surface area (Å²) in [5.41, 5.74) is -1.64. The van der Waals surface area contributed by atoms with E-state index in [4.69, 9.17) is 0 Å². The molecule has 0 saturated carbocycles. The van der Waals surface area contributed by atoms with E-state index in [1.807, 2.05) is 0 Å². The molecule has 0 saturated heterocycles. The lowest BCUT2D eigenvalue weighted by atomic mass is 10.1. The van der Waals surface area contributed by atoms with Gasteiger partial charge in [-0.3, -0.25) is 4.79 Å². The summed E-state index contributed by atoms with van der Waals surface area (Å²) >= 11 is 0. The van der Waals surface area contributed by atoms with Crippen molar-refractivity contribution in [1.82, 2.24) is 4.98 Å². The van der Waals surface area contributed by atoms with E-state index < -0.39 is 23.3 Å². The van der Waals surface area contributed by atoms with Crippen LogP contribution in [-0.4, -0.2) is 11.3 Å². The molecule has 0 radical (unpaired) electrons. The molecule has 6 heteroatoms. The number of carbonyl (C=O) groups is 1. The Morgan fingerprint density at radius 1 is 1.25 bits per heavy atom. The number of aromatic nitrogens is 1. The number of benzene rings is 1. The number of aromatic amines is 1. The molecule has 16 heavy (non-hydrogen) atoms. The van der Waals surface area contributed by atoms with Gasteiger partial charge in [0.05, 0.1) is 5.56 Å². The first-order valence-electron chi connectivity index (χ1n) is 4.27. The van der Waals surface area contributed by atoms with Crippen molar-refractivity contribution >= 4 is 17.2 Å². The van der Waals surface area contributed by atoms with Crippen LogP contribution in [-0.2, 0) is 6.18 Å². The molecule has 1 aromatic heterocycles. The summed E-state index contributed by atoms with van der Waals surface area (Å²) in [6, 6.07) is 3.07. The van der Waals surface area contributed by atoms with Crippen LogP contribution >= 0.6 is 0 Å². The van der Waals surface area contributed by atoms with Gasteiger partial charge in [-0.15, -0.1) is 0 Å². The summed E-state index contributed by atoms with van der Waals surface area (Å²) in [6.07, 6.45) is -4.59. The van der Waals surface area contributed by atoms with Gasteiger partial charge in [-0.2, -0.15) is 13.2 Å². The first-order valence-corrected chi connectivity index (χ1v) is 4.27. The predicted octanol–water partition coefficient (Wildman–Crippen LogP) is 3.14. The first kappa shape index (κ1) is 10.7. The molecular formula is C10H5F4NO. The highest BCUT2D eigenvalue weighted by molar-refractivity contribution is 5.99. The summed E-state index contributed by atoms with van der Waals surface area (Å²) < 4.78 is 50.3. The molecule has 0 amide bonds. The lowest BCUT2D eigenvalue weighted by Gasteiger charge is -2.03. The van der Waals surface area contributed by atoms with Gasteiger partial charge in [0.2, 0.25) is 0 Å². The van der Waals surface area contributed by atoms with Gasteiger partial charge in [0.25, 0.3) is 0 Å². The molecule has 0 bridgehead atoms. The quantitative estimate of drug-likeness (QED) is 0.593. The van der Waals surface area contributed by atoms with Crippen LogP contribution in [0, 0.1) is 5.82 Å². The summed E-state index contributed by atoms with van der Waals surface area (Å²) in [5, 5.41) is -0.0673. The van der Waals surface area contributed by atoms with E-state index in [2.05, 4.69) is 4.98 Å². The fourth-order valence-electron chi connectivity index (χ4n) is 1.53. The Morgan fingerprint density at radius 2 is 1.94 bits per heavy atom. The summed E-state index contributed by atoms with van der Waals surface area (Å²) in [4.78, 5) is 12.7. The zero-order valence-electron chi connectivity index (χ0n) is 7.73. The van der Waals surface area contributed by atoms with Gasteiger partial charge in [-0.05, 0) is 18.2 Å². The number of fused-ring (bicyclic) bond motifs is 1. The second-order valence-corrected chi connectivity index (χ2v) is 3.22. The van der Waals surface area contributed by atoms with Gasteiger partial charge in [0, 0.05) is 10.9 Å². The molecule has 0 aliphatic carbocycles. The zero-order valence-corrected chi connectivity index (χ0v) is 7.73. The minimum absolute atomic E-state index is 0.0673. The van der Waals surface area contributed by atoms with Crippen LogP contribution < -0.4 is 0 Å². The standard InChI is InChI=1S/C10H5F4NO/c11-5-1-2-8-6(3-5)7(4-16)9(15-8)10(12,13)14/h1-4,15H. The molecule has 84 valence electrons. The van der Waals surface area contributed by atoms with Crippen LogP contribution in [0.1, 0.15) is 16.1 Å². The average molecular weight is 231 g/mol. The van der Waals surface area contributed by atoms with E-state index >= 15 is 0 Å². The van der Waals surface area contributed by atoms with Gasteiger partial charge in [-0.25, -0.2) is 4.39 Å². The topological polar surface area (TPSA) is 32.9 Å². The minimum Gasteiger partial charge on any atom is -0.350 e. The lowest BCUT2D eigenvalue weighted by molar-refractivity contribution is -0.140. The first-order chi connectivity index (χ1) is 7.43. The van der Waals surface area contributed by atoms with Gasteiger partial charge < -0.3 is 4.98 Å². The Morgan fingerprint density at radius 3 is 2.50 bits per heavy atom. The van der Waals surface area contributed by atoms with Crippen molar-refractivity contribution in [2.75, 3.05) is 0 Å². The Kier molecular flexibility index (Phi) is 2.22. The van der Waals surface area contributed by atoms with Crippen LogP contribution in [0.2, 0.25) is 0 Å². The number of rotatable bonds is 1. The Bertz CT molecular complexity index is 556. The van der Waals surface area contributed by atoms with E-state index in [9.17, 15) is 22.4 Å². The van der Waals surface area contributed by atoms with Crippen LogP contribution in [0.4, 0.5) is 17.6 Å². The van der Waals surface area contributed by atoms with Crippen molar-refractivity contribution in [1.29, 1.82) is 0 Å². The number of halogens is 4. The van der Waals surface area contributed by atoms with Gasteiger partial charge in [-0.1, -0.05) is 0 Å². The summed E-state index contributed by atoms with van der Waals surface area (Å²) in [6.45, 7) is 0. The third-order valence-electron chi connectivity index (χ3n) is 2.20. The number of H-pyrrole nitrogens is 1. The van der Waals surface area contributed by atoms with Crippen molar-refractivity contribution in [3.8, 4) is 0 Å². The Labute approximate surface area is 86.9 Å². The molecule has 0 unspecified atom stereocenters. The van der Waals surface area contributed by atoms with E-state index in [0.29, 0.717) is 0 Å². The maximum Gasteiger partial charge on any atom is 0.431 e. The fraction of sp³-hybridized carbons (Fsp3) is 0.100. The van der Waals surface area contributed by atoms with E-state index in [1.165, 1.54) is 0 Å². The second kappa shape index (κ2) is 3.33. The highest BCUT2D eigenvalue weighted by Crippen LogP contribution is 2.34. The van der Waals surface area contributed by atoms with Gasteiger partial charge >= 0.3 is 6.18 Å². The van der Waals surface area contributed by atoms with E-state index in [1.54, 1.807) is 0 Å². The summed E-state index contributed by atoms with van der Waals surface area (Å²) in [5.74, 6) is -0.691. The molecule has 0 atom stereocenters. The van der Waals surface area contributed by atoms with Crippen LogP contribution in [0.5, 0.6) is 0 Å². The normalized spacial score (nSPS) is 12.0. The largest absolute Gasteiger partial charge is 0.431 e. The van der Waals surface area contributed by atoms with Crippen molar-refractivity contribution in [3.05, 3.63) is 35.3 Å². The van der Waals surface area contributed by atoms with Crippen molar-refractivity contribution < 1.29 is 22.4 Å². The van der Waals surface area contributed by atoms with Gasteiger partial charge in [0.15, 0.2) is 6.29 Å². The molecule has 0 fully saturated rings. The smallest absolute Gasteiger partial charge is 0.350 e. The molecule has 0 aliphatic heterocycles. The molecule has 1 aromatic carbocycles. The number of aldehydes is 1. The van der Waals surface area contributed by atoms with E-state index in [-0.39, 0.29) is 17.2 Å². The maximum absolute atomic E-state index is 12.8. The second-order valence-electron chi connectivity index (χ2n) is 3.22. The van der Waals surface area contributed by atoms with Crippen molar-refractivity contribution in [3.63, 3.8) is 0 Å². The molecule has 0 aliphatic rings. The van der Waals surface area contributed by atoms with Crippen LogP contribution in [0.25, 0.3) is 10.9 Å². The fourth-order valence-corrected chi connectivity index (χ4v) is 1.53. The number of carbonyl (C=O) groups excluding carboxylic acids is 1. The molecule has 1 N–H and O–H groups in total.